The minimum absolute atomic E-state index is 0.0767. The highest BCUT2D eigenvalue weighted by atomic mass is 16.3. The number of rotatable bonds is 4. The van der Waals surface area contributed by atoms with E-state index in [1.807, 2.05) is 30.3 Å². The van der Waals surface area contributed by atoms with Crippen molar-refractivity contribution in [2.75, 3.05) is 13.1 Å². The topological polar surface area (TPSA) is 57.6 Å². The number of hydrogen-bond donors (Lipinski definition) is 1. The molecule has 24 heavy (non-hydrogen) atoms. The van der Waals surface area contributed by atoms with Gasteiger partial charge in [-0.2, -0.15) is 0 Å². The van der Waals surface area contributed by atoms with Gasteiger partial charge >= 0.3 is 0 Å². The van der Waals surface area contributed by atoms with Crippen molar-refractivity contribution < 1.29 is 14.7 Å². The van der Waals surface area contributed by atoms with Crippen molar-refractivity contribution in [2.24, 2.45) is 5.92 Å². The Morgan fingerprint density at radius 1 is 1.04 bits per heavy atom. The highest BCUT2D eigenvalue weighted by molar-refractivity contribution is 5.95. The predicted molar refractivity (Wildman–Crippen MR) is 91.9 cm³/mol. The van der Waals surface area contributed by atoms with Gasteiger partial charge in [-0.05, 0) is 42.7 Å². The van der Waals surface area contributed by atoms with Gasteiger partial charge < -0.3 is 10.0 Å². The van der Waals surface area contributed by atoms with E-state index in [2.05, 4.69) is 0 Å². The van der Waals surface area contributed by atoms with Crippen molar-refractivity contribution in [1.82, 2.24) is 4.90 Å². The summed E-state index contributed by atoms with van der Waals surface area (Å²) in [5, 5.41) is 9.33. The molecule has 1 saturated heterocycles. The first kappa shape index (κ1) is 16.2. The van der Waals surface area contributed by atoms with Crippen LogP contribution in [0.3, 0.4) is 0 Å². The lowest BCUT2D eigenvalue weighted by molar-refractivity contribution is -0.123. The van der Waals surface area contributed by atoms with Crippen LogP contribution >= 0.6 is 0 Å². The molecule has 0 aromatic heterocycles. The summed E-state index contributed by atoms with van der Waals surface area (Å²) in [6, 6.07) is 16.0. The van der Waals surface area contributed by atoms with Crippen molar-refractivity contribution in [2.45, 2.75) is 19.3 Å². The van der Waals surface area contributed by atoms with Gasteiger partial charge in [0.1, 0.15) is 11.5 Å². The number of amides is 1. The second-order valence-corrected chi connectivity index (χ2v) is 6.27. The van der Waals surface area contributed by atoms with Gasteiger partial charge in [0.25, 0.3) is 5.91 Å². The average Bonchev–Trinajstić information content (AvgIpc) is 2.63. The monoisotopic (exact) mass is 323 g/mol. The fourth-order valence-corrected chi connectivity index (χ4v) is 3.15. The molecule has 0 radical (unpaired) electrons. The number of Topliss-reactive ketones (excluding diaryl/α,β-unsaturated/α-hetero) is 1. The number of aromatic hydroxyl groups is 1. The molecule has 1 fully saturated rings. The van der Waals surface area contributed by atoms with Gasteiger partial charge in [-0.3, -0.25) is 9.59 Å². The maximum Gasteiger partial charge on any atom is 0.253 e. The molecule has 2 aromatic carbocycles. The second-order valence-electron chi connectivity index (χ2n) is 6.27. The minimum atomic E-state index is -0.0972. The zero-order valence-electron chi connectivity index (χ0n) is 13.5. The summed E-state index contributed by atoms with van der Waals surface area (Å²) in [5.41, 5.74) is 1.56. The Labute approximate surface area is 141 Å². The van der Waals surface area contributed by atoms with E-state index in [0.29, 0.717) is 25.1 Å². The van der Waals surface area contributed by atoms with Gasteiger partial charge in [-0.25, -0.2) is 0 Å². The third-order valence-corrected chi connectivity index (χ3v) is 4.50. The molecule has 1 N–H and O–H groups in total. The van der Waals surface area contributed by atoms with Gasteiger partial charge in [0, 0.05) is 31.0 Å². The van der Waals surface area contributed by atoms with Crippen LogP contribution < -0.4 is 0 Å². The average molecular weight is 323 g/mol. The van der Waals surface area contributed by atoms with Crippen molar-refractivity contribution in [3.63, 3.8) is 0 Å². The number of hydrogen-bond acceptors (Lipinski definition) is 3. The Morgan fingerprint density at radius 3 is 2.46 bits per heavy atom. The minimum Gasteiger partial charge on any atom is -0.508 e. The highest BCUT2D eigenvalue weighted by Crippen LogP contribution is 2.21. The number of carbonyl (C=O) groups excluding carboxylic acids is 2. The molecule has 0 spiro atoms. The number of phenols is 1. The van der Waals surface area contributed by atoms with E-state index in [4.69, 9.17) is 0 Å². The summed E-state index contributed by atoms with van der Waals surface area (Å²) in [5.74, 6) is 0.165. The maximum atomic E-state index is 12.6. The first-order valence-corrected chi connectivity index (χ1v) is 8.28. The summed E-state index contributed by atoms with van der Waals surface area (Å²) >= 11 is 0. The van der Waals surface area contributed by atoms with E-state index in [-0.39, 0.29) is 23.4 Å². The van der Waals surface area contributed by atoms with Crippen LogP contribution in [0.15, 0.2) is 54.6 Å². The molecule has 124 valence electrons. The number of likely N-dealkylation sites (tertiary alicyclic amines) is 1. The summed E-state index contributed by atoms with van der Waals surface area (Å²) in [4.78, 5) is 26.9. The zero-order chi connectivity index (χ0) is 16.9. The summed E-state index contributed by atoms with van der Waals surface area (Å²) in [6.07, 6.45) is 2.10. The molecule has 2 aromatic rings. The molecule has 3 rings (SSSR count). The summed E-state index contributed by atoms with van der Waals surface area (Å²) < 4.78 is 0. The molecule has 1 aliphatic heterocycles. The number of carbonyl (C=O) groups is 2. The normalized spacial score (nSPS) is 17.5. The first-order chi connectivity index (χ1) is 11.6. The van der Waals surface area contributed by atoms with Crippen LogP contribution in [0.4, 0.5) is 0 Å². The number of phenolic OH excluding ortho intramolecular Hbond substituents is 1. The van der Waals surface area contributed by atoms with Crippen LogP contribution in [0.2, 0.25) is 0 Å². The molecule has 1 atom stereocenters. The van der Waals surface area contributed by atoms with Gasteiger partial charge in [0.2, 0.25) is 0 Å². The van der Waals surface area contributed by atoms with Gasteiger partial charge in [0.05, 0.1) is 0 Å². The smallest absolute Gasteiger partial charge is 0.253 e. The number of piperidine rings is 1. The molecular weight excluding hydrogens is 302 g/mol. The zero-order valence-corrected chi connectivity index (χ0v) is 13.5. The maximum absolute atomic E-state index is 12.6. The fraction of sp³-hybridized carbons (Fsp3) is 0.300. The Kier molecular flexibility index (Phi) is 4.94. The van der Waals surface area contributed by atoms with Crippen LogP contribution in [0, 0.1) is 5.92 Å². The van der Waals surface area contributed by atoms with E-state index >= 15 is 0 Å². The SMILES string of the molecule is O=C(Cc1ccccc1)[C@H]1CCCN(C(=O)c2ccc(O)cc2)C1. The van der Waals surface area contributed by atoms with E-state index in [1.165, 1.54) is 12.1 Å². The van der Waals surface area contributed by atoms with E-state index < -0.39 is 0 Å². The van der Waals surface area contributed by atoms with Crippen LogP contribution in [0.25, 0.3) is 0 Å². The molecule has 0 saturated carbocycles. The van der Waals surface area contributed by atoms with Crippen LogP contribution in [-0.2, 0) is 11.2 Å². The molecule has 4 nitrogen and oxygen atoms in total. The van der Waals surface area contributed by atoms with Crippen LogP contribution in [-0.4, -0.2) is 34.8 Å². The predicted octanol–water partition coefficient (Wildman–Crippen LogP) is 3.06. The molecule has 0 unspecified atom stereocenters. The molecule has 4 heteroatoms. The first-order valence-electron chi connectivity index (χ1n) is 8.28. The van der Waals surface area contributed by atoms with Crippen LogP contribution in [0.1, 0.15) is 28.8 Å². The van der Waals surface area contributed by atoms with E-state index in [1.54, 1.807) is 17.0 Å². The number of benzene rings is 2. The molecule has 0 bridgehead atoms. The van der Waals surface area contributed by atoms with Gasteiger partial charge in [0.15, 0.2) is 0 Å². The third kappa shape index (κ3) is 3.82. The molecule has 1 heterocycles. The van der Waals surface area contributed by atoms with Gasteiger partial charge in [-0.15, -0.1) is 0 Å². The van der Waals surface area contributed by atoms with Crippen LogP contribution in [0.5, 0.6) is 5.75 Å². The van der Waals surface area contributed by atoms with Crippen molar-refractivity contribution in [3.05, 3.63) is 65.7 Å². The second kappa shape index (κ2) is 7.30. The number of ketones is 1. The van der Waals surface area contributed by atoms with E-state index in [9.17, 15) is 14.7 Å². The molecule has 1 amide bonds. The lowest BCUT2D eigenvalue weighted by Gasteiger charge is -2.32. The Hall–Kier alpha value is -2.62. The summed E-state index contributed by atoms with van der Waals surface area (Å²) in [7, 11) is 0. The highest BCUT2D eigenvalue weighted by Gasteiger charge is 2.28. The van der Waals surface area contributed by atoms with E-state index in [0.717, 1.165) is 18.4 Å². The Balaban J connectivity index is 1.64. The molecule has 1 aliphatic rings. The van der Waals surface area contributed by atoms with Crippen molar-refractivity contribution in [1.29, 1.82) is 0 Å². The fourth-order valence-electron chi connectivity index (χ4n) is 3.15. The standard InChI is InChI=1S/C20H21NO3/c22-18-10-8-16(9-11-18)20(24)21-12-4-7-17(14-21)19(23)13-15-5-2-1-3-6-15/h1-3,5-6,8-11,17,22H,4,7,12-14H2/t17-/m0/s1. The number of nitrogens with zero attached hydrogens (tertiary/aromatic N) is 1. The lowest BCUT2D eigenvalue weighted by Crippen LogP contribution is -2.42. The van der Waals surface area contributed by atoms with Gasteiger partial charge in [-0.1, -0.05) is 30.3 Å². The Morgan fingerprint density at radius 2 is 1.75 bits per heavy atom. The molecular formula is C20H21NO3. The van der Waals surface area contributed by atoms with Crippen molar-refractivity contribution in [3.8, 4) is 5.75 Å². The summed E-state index contributed by atoms with van der Waals surface area (Å²) in [6.45, 7) is 1.15. The largest absolute Gasteiger partial charge is 0.508 e. The Bertz CT molecular complexity index is 709. The molecule has 0 aliphatic carbocycles. The lowest BCUT2D eigenvalue weighted by atomic mass is 9.90. The quantitative estimate of drug-likeness (QED) is 0.941. The van der Waals surface area contributed by atoms with Crippen molar-refractivity contribution >= 4 is 11.7 Å². The third-order valence-electron chi connectivity index (χ3n) is 4.50.